The van der Waals surface area contributed by atoms with Crippen molar-refractivity contribution in [2.45, 2.75) is 63.5 Å². The molecule has 0 aromatic heterocycles. The summed E-state index contributed by atoms with van der Waals surface area (Å²) in [5, 5.41) is 4.85. The molecule has 0 unspecified atom stereocenters. The van der Waals surface area contributed by atoms with Gasteiger partial charge in [0.05, 0.1) is 12.7 Å². The Morgan fingerprint density at radius 1 is 0.885 bits per heavy atom. The van der Waals surface area contributed by atoms with Gasteiger partial charge in [-0.1, -0.05) is 79.4 Å². The normalized spacial score (nSPS) is 13.2. The van der Waals surface area contributed by atoms with Crippen LogP contribution in [-0.2, 0) is 35.0 Å². The number of esters is 2. The number of rotatable bonds is 17. The molecule has 2 amide bonds. The zero-order chi connectivity index (χ0) is 37.5. The lowest BCUT2D eigenvalue weighted by Crippen LogP contribution is -2.43. The number of hydrogen-bond donors (Lipinski definition) is 2. The highest BCUT2D eigenvalue weighted by molar-refractivity contribution is 7.99. The number of amides is 2. The molecule has 4 rings (SSSR count). The molecule has 0 heterocycles. The molecule has 0 aliphatic heterocycles. The van der Waals surface area contributed by atoms with E-state index in [1.807, 2.05) is 45.0 Å². The number of carbonyl (C=O) groups is 4. The van der Waals surface area contributed by atoms with Gasteiger partial charge >= 0.3 is 24.1 Å². The largest absolute Gasteiger partial charge is 0.491 e. The van der Waals surface area contributed by atoms with Crippen LogP contribution in [0.1, 0.15) is 56.7 Å². The number of thioether (sulfide) groups is 1. The standard InChI is InChI=1S/C40H46N2O9S/c1-6-21-47-37(44)34(41-38(45)48-22-7-2)24-27-16-18-28(19-17-27)49-26-35(52-23-20-36(43)51-40(3,4)5)42-39(46)50-25-33-31-14-10-8-12-29(31)30-13-9-11-15-32(30)33/h6-19,21,33-35H,2,20,22-26H2,1,3-5H3,(H,41,45)(H,42,46)/b21-6+/t34-,35+/m0/s1. The maximum Gasteiger partial charge on any atom is 0.408 e. The van der Waals surface area contributed by atoms with E-state index in [1.54, 1.807) is 37.3 Å². The average Bonchev–Trinajstić information content (AvgIpc) is 3.44. The Morgan fingerprint density at radius 3 is 2.13 bits per heavy atom. The first-order valence-corrected chi connectivity index (χ1v) is 18.0. The fourth-order valence-corrected chi connectivity index (χ4v) is 6.35. The number of ether oxygens (including phenoxy) is 5. The minimum Gasteiger partial charge on any atom is -0.491 e. The van der Waals surface area contributed by atoms with Crippen LogP contribution in [-0.4, -0.2) is 66.7 Å². The second kappa shape index (κ2) is 19.4. The molecule has 0 saturated heterocycles. The average molecular weight is 731 g/mol. The quantitative estimate of drug-likeness (QED) is 0.0479. The highest BCUT2D eigenvalue weighted by atomic mass is 32.2. The first-order chi connectivity index (χ1) is 25.0. The van der Waals surface area contributed by atoms with Crippen LogP contribution in [0.3, 0.4) is 0 Å². The monoisotopic (exact) mass is 730 g/mol. The van der Waals surface area contributed by atoms with E-state index in [0.29, 0.717) is 11.5 Å². The molecule has 1 aliphatic rings. The van der Waals surface area contributed by atoms with E-state index in [4.69, 9.17) is 23.7 Å². The molecule has 12 heteroatoms. The summed E-state index contributed by atoms with van der Waals surface area (Å²) < 4.78 is 27.3. The van der Waals surface area contributed by atoms with Crippen molar-refractivity contribution in [1.29, 1.82) is 0 Å². The molecule has 0 bridgehead atoms. The molecule has 3 aromatic rings. The Balaban J connectivity index is 1.38. The van der Waals surface area contributed by atoms with Crippen LogP contribution < -0.4 is 15.4 Å². The Morgan fingerprint density at radius 2 is 1.52 bits per heavy atom. The van der Waals surface area contributed by atoms with Gasteiger partial charge < -0.3 is 34.3 Å². The predicted molar refractivity (Wildman–Crippen MR) is 200 cm³/mol. The third-order valence-corrected chi connectivity index (χ3v) is 8.76. The fraction of sp³-hybridized carbons (Fsp3) is 0.350. The van der Waals surface area contributed by atoms with Crippen LogP contribution in [0.25, 0.3) is 11.1 Å². The second-order valence-electron chi connectivity index (χ2n) is 12.8. The first kappa shape index (κ1) is 39.6. The molecule has 52 heavy (non-hydrogen) atoms. The second-order valence-corrected chi connectivity index (χ2v) is 14.1. The van der Waals surface area contributed by atoms with Crippen LogP contribution in [0.4, 0.5) is 9.59 Å². The molecule has 0 fully saturated rings. The molecule has 0 spiro atoms. The van der Waals surface area contributed by atoms with Crippen molar-refractivity contribution < 1.29 is 42.9 Å². The van der Waals surface area contributed by atoms with Gasteiger partial charge in [-0.2, -0.15) is 0 Å². The summed E-state index contributed by atoms with van der Waals surface area (Å²) in [5.41, 5.74) is 4.60. The highest BCUT2D eigenvalue weighted by Crippen LogP contribution is 2.44. The number of nitrogens with one attached hydrogen (secondary N) is 2. The van der Waals surface area contributed by atoms with E-state index in [-0.39, 0.29) is 44.5 Å². The van der Waals surface area contributed by atoms with Gasteiger partial charge in [0.15, 0.2) is 0 Å². The Kier molecular flexibility index (Phi) is 14.8. The van der Waals surface area contributed by atoms with Gasteiger partial charge in [-0.25, -0.2) is 14.4 Å². The van der Waals surface area contributed by atoms with Crippen LogP contribution in [0, 0.1) is 0 Å². The van der Waals surface area contributed by atoms with E-state index in [0.717, 1.165) is 27.8 Å². The number of carbonyl (C=O) groups excluding carboxylic acids is 4. The Hall–Kier alpha value is -5.23. The summed E-state index contributed by atoms with van der Waals surface area (Å²) in [5.74, 6) is -0.211. The molecule has 2 N–H and O–H groups in total. The lowest BCUT2D eigenvalue weighted by Gasteiger charge is -2.21. The highest BCUT2D eigenvalue weighted by Gasteiger charge is 2.29. The van der Waals surface area contributed by atoms with Gasteiger partial charge in [-0.05, 0) is 67.6 Å². The molecule has 3 aromatic carbocycles. The van der Waals surface area contributed by atoms with Crippen LogP contribution in [0.2, 0.25) is 0 Å². The topological polar surface area (TPSA) is 138 Å². The van der Waals surface area contributed by atoms with Crippen molar-refractivity contribution in [2.24, 2.45) is 0 Å². The van der Waals surface area contributed by atoms with Crippen molar-refractivity contribution in [3.8, 4) is 16.9 Å². The van der Waals surface area contributed by atoms with Gasteiger partial charge in [0.25, 0.3) is 0 Å². The van der Waals surface area contributed by atoms with Crippen molar-refractivity contribution >= 4 is 35.9 Å². The third kappa shape index (κ3) is 12.2. The lowest BCUT2D eigenvalue weighted by molar-refractivity contribution is -0.154. The molecular weight excluding hydrogens is 685 g/mol. The maximum atomic E-state index is 13.2. The van der Waals surface area contributed by atoms with E-state index in [2.05, 4.69) is 41.5 Å². The minimum atomic E-state index is -1.01. The maximum absolute atomic E-state index is 13.2. The van der Waals surface area contributed by atoms with Crippen LogP contribution >= 0.6 is 11.8 Å². The molecular formula is C40H46N2O9S. The summed E-state index contributed by atoms with van der Waals surface area (Å²) in [6, 6.07) is 22.2. The van der Waals surface area contributed by atoms with E-state index in [9.17, 15) is 19.2 Å². The molecule has 0 radical (unpaired) electrons. The molecule has 11 nitrogen and oxygen atoms in total. The summed E-state index contributed by atoms with van der Waals surface area (Å²) in [7, 11) is 0. The van der Waals surface area contributed by atoms with Gasteiger partial charge in [0.2, 0.25) is 0 Å². The van der Waals surface area contributed by atoms with Crippen LogP contribution in [0.5, 0.6) is 5.75 Å². The number of fused-ring (bicyclic) bond motifs is 3. The van der Waals surface area contributed by atoms with Crippen molar-refractivity contribution in [3.05, 3.63) is 114 Å². The predicted octanol–water partition coefficient (Wildman–Crippen LogP) is 7.30. The van der Waals surface area contributed by atoms with E-state index >= 15 is 0 Å². The van der Waals surface area contributed by atoms with Crippen molar-refractivity contribution in [3.63, 3.8) is 0 Å². The van der Waals surface area contributed by atoms with Gasteiger partial charge in [-0.3, -0.25) is 4.79 Å². The van der Waals surface area contributed by atoms with Gasteiger partial charge in [-0.15, -0.1) is 11.8 Å². The molecule has 276 valence electrons. The van der Waals surface area contributed by atoms with E-state index < -0.39 is 35.2 Å². The minimum absolute atomic E-state index is 0.00899. The van der Waals surface area contributed by atoms with Crippen molar-refractivity contribution in [2.75, 3.05) is 25.6 Å². The fourth-order valence-electron chi connectivity index (χ4n) is 5.44. The summed E-state index contributed by atoms with van der Waals surface area (Å²) >= 11 is 1.34. The lowest BCUT2D eigenvalue weighted by atomic mass is 9.98. The first-order valence-electron chi connectivity index (χ1n) is 17.0. The van der Waals surface area contributed by atoms with E-state index in [1.165, 1.54) is 24.1 Å². The summed E-state index contributed by atoms with van der Waals surface area (Å²) in [6.45, 7) is 10.8. The molecule has 2 atom stereocenters. The third-order valence-electron chi connectivity index (χ3n) is 7.66. The number of allylic oxidation sites excluding steroid dienone is 1. The van der Waals surface area contributed by atoms with Gasteiger partial charge in [0.1, 0.15) is 42.6 Å². The molecule has 0 saturated carbocycles. The number of benzene rings is 3. The Labute approximate surface area is 309 Å². The zero-order valence-corrected chi connectivity index (χ0v) is 30.7. The van der Waals surface area contributed by atoms with Crippen LogP contribution in [0.15, 0.2) is 97.8 Å². The summed E-state index contributed by atoms with van der Waals surface area (Å²) in [4.78, 5) is 50.3. The summed E-state index contributed by atoms with van der Waals surface area (Å²) in [6.07, 6.45) is 3.11. The number of hydrogen-bond acceptors (Lipinski definition) is 10. The number of alkyl carbamates (subject to hydrolysis) is 2. The SMILES string of the molecule is C=CCOC(=O)N[C@@H](Cc1ccc(OC[C@H](NC(=O)OCC2c3ccccc3-c3ccccc32)SCCC(=O)OC(C)(C)C)cc1)C(=O)O/C=C/C. The smallest absolute Gasteiger partial charge is 0.408 e. The van der Waals surface area contributed by atoms with Crippen molar-refractivity contribution in [1.82, 2.24) is 10.6 Å². The van der Waals surface area contributed by atoms with Gasteiger partial charge in [0, 0.05) is 18.1 Å². The molecule has 1 aliphatic carbocycles. The Bertz CT molecular complexity index is 1670. The zero-order valence-electron chi connectivity index (χ0n) is 29.9.